The molecule has 0 aliphatic carbocycles. The summed E-state index contributed by atoms with van der Waals surface area (Å²) < 4.78 is 1.93. The van der Waals surface area contributed by atoms with E-state index in [1.165, 1.54) is 5.56 Å². The zero-order valence-corrected chi connectivity index (χ0v) is 13.4. The van der Waals surface area contributed by atoms with Gasteiger partial charge in [0, 0.05) is 25.5 Å². The summed E-state index contributed by atoms with van der Waals surface area (Å²) in [6, 6.07) is 17.9. The lowest BCUT2D eigenvalue weighted by atomic mass is 10.1. The van der Waals surface area contributed by atoms with E-state index in [9.17, 15) is 4.79 Å². The Kier molecular flexibility index (Phi) is 5.24. The molecular formula is C19H20N4O. The van der Waals surface area contributed by atoms with Crippen LogP contribution < -0.4 is 10.6 Å². The summed E-state index contributed by atoms with van der Waals surface area (Å²) in [5, 5.41) is 5.79. The van der Waals surface area contributed by atoms with Gasteiger partial charge < -0.3 is 15.2 Å². The first kappa shape index (κ1) is 15.8. The first-order valence-corrected chi connectivity index (χ1v) is 7.95. The normalized spacial score (nSPS) is 10.3. The first-order valence-electron chi connectivity index (χ1n) is 7.95. The van der Waals surface area contributed by atoms with Crippen LogP contribution in [0.4, 0.5) is 4.79 Å². The van der Waals surface area contributed by atoms with Crippen molar-refractivity contribution in [2.24, 2.45) is 0 Å². The lowest BCUT2D eigenvalue weighted by Gasteiger charge is -2.12. The Balaban J connectivity index is 1.50. The van der Waals surface area contributed by atoms with Crippen LogP contribution in [0.1, 0.15) is 11.1 Å². The first-order chi connectivity index (χ1) is 11.8. The Morgan fingerprint density at radius 1 is 1.00 bits per heavy atom. The highest BCUT2D eigenvalue weighted by molar-refractivity contribution is 5.74. The third-order valence-electron chi connectivity index (χ3n) is 3.76. The van der Waals surface area contributed by atoms with Crippen molar-refractivity contribution in [2.45, 2.75) is 13.0 Å². The molecule has 0 saturated heterocycles. The van der Waals surface area contributed by atoms with E-state index in [4.69, 9.17) is 0 Å². The van der Waals surface area contributed by atoms with E-state index in [1.54, 1.807) is 12.5 Å². The highest BCUT2D eigenvalue weighted by Gasteiger charge is 2.05. The summed E-state index contributed by atoms with van der Waals surface area (Å²) in [6.07, 6.45) is 6.19. The fourth-order valence-corrected chi connectivity index (χ4v) is 2.52. The zero-order valence-electron chi connectivity index (χ0n) is 13.4. The summed E-state index contributed by atoms with van der Waals surface area (Å²) in [4.78, 5) is 16.0. The standard InChI is InChI=1S/C19H20N4O/c24-19(21-11-10-16-6-2-1-3-7-16)22-14-17-8-4-5-9-18(17)23-13-12-20-15-23/h1-9,12-13,15H,10-11,14H2,(H2,21,22,24). The Morgan fingerprint density at radius 3 is 2.58 bits per heavy atom. The number of para-hydroxylation sites is 1. The average molecular weight is 320 g/mol. The maximum Gasteiger partial charge on any atom is 0.315 e. The molecule has 5 nitrogen and oxygen atoms in total. The minimum Gasteiger partial charge on any atom is -0.338 e. The molecule has 2 N–H and O–H groups in total. The van der Waals surface area contributed by atoms with E-state index < -0.39 is 0 Å². The predicted molar refractivity (Wildman–Crippen MR) is 93.9 cm³/mol. The van der Waals surface area contributed by atoms with Crippen molar-refractivity contribution in [1.82, 2.24) is 20.2 Å². The van der Waals surface area contributed by atoms with Gasteiger partial charge >= 0.3 is 6.03 Å². The second kappa shape index (κ2) is 7.97. The van der Waals surface area contributed by atoms with Gasteiger partial charge in [-0.05, 0) is 23.6 Å². The molecule has 122 valence electrons. The van der Waals surface area contributed by atoms with Crippen molar-refractivity contribution in [3.63, 3.8) is 0 Å². The molecule has 3 rings (SSSR count). The van der Waals surface area contributed by atoms with Gasteiger partial charge in [0.25, 0.3) is 0 Å². The van der Waals surface area contributed by atoms with Crippen LogP contribution in [-0.4, -0.2) is 22.1 Å². The summed E-state index contributed by atoms with van der Waals surface area (Å²) in [5.74, 6) is 0. The number of carbonyl (C=O) groups is 1. The topological polar surface area (TPSA) is 59.0 Å². The molecule has 0 aliphatic heterocycles. The van der Waals surface area contributed by atoms with Gasteiger partial charge in [-0.15, -0.1) is 0 Å². The van der Waals surface area contributed by atoms with Crippen LogP contribution >= 0.6 is 0 Å². The number of hydrogen-bond acceptors (Lipinski definition) is 2. The van der Waals surface area contributed by atoms with Crippen molar-refractivity contribution < 1.29 is 4.79 Å². The van der Waals surface area contributed by atoms with E-state index in [1.807, 2.05) is 53.2 Å². The van der Waals surface area contributed by atoms with Crippen molar-refractivity contribution in [3.05, 3.63) is 84.4 Å². The van der Waals surface area contributed by atoms with Gasteiger partial charge in [-0.25, -0.2) is 9.78 Å². The van der Waals surface area contributed by atoms with Crippen molar-refractivity contribution in [2.75, 3.05) is 6.54 Å². The molecule has 0 spiro atoms. The van der Waals surface area contributed by atoms with E-state index in [0.29, 0.717) is 13.1 Å². The molecule has 0 aliphatic rings. The Labute approximate surface area is 141 Å². The van der Waals surface area contributed by atoms with Crippen LogP contribution in [0.3, 0.4) is 0 Å². The molecule has 5 heteroatoms. The number of hydrogen-bond donors (Lipinski definition) is 2. The molecule has 24 heavy (non-hydrogen) atoms. The lowest BCUT2D eigenvalue weighted by Crippen LogP contribution is -2.36. The smallest absolute Gasteiger partial charge is 0.315 e. The van der Waals surface area contributed by atoms with Crippen LogP contribution in [0.2, 0.25) is 0 Å². The molecule has 0 bridgehead atoms. The van der Waals surface area contributed by atoms with E-state index in [-0.39, 0.29) is 6.03 Å². The minimum absolute atomic E-state index is 0.161. The molecule has 1 aromatic heterocycles. The Hall–Kier alpha value is -3.08. The third-order valence-corrected chi connectivity index (χ3v) is 3.76. The van der Waals surface area contributed by atoms with Crippen molar-refractivity contribution >= 4 is 6.03 Å². The second-order valence-corrected chi connectivity index (χ2v) is 5.44. The minimum atomic E-state index is -0.161. The molecule has 1 heterocycles. The van der Waals surface area contributed by atoms with Gasteiger partial charge in [-0.3, -0.25) is 0 Å². The van der Waals surface area contributed by atoms with Gasteiger partial charge in [0.15, 0.2) is 0 Å². The maximum atomic E-state index is 12.0. The third kappa shape index (κ3) is 4.23. The van der Waals surface area contributed by atoms with Crippen LogP contribution in [-0.2, 0) is 13.0 Å². The molecule has 0 fully saturated rings. The maximum absolute atomic E-state index is 12.0. The van der Waals surface area contributed by atoms with Gasteiger partial charge in [0.05, 0.1) is 12.0 Å². The van der Waals surface area contributed by atoms with Gasteiger partial charge in [-0.2, -0.15) is 0 Å². The summed E-state index contributed by atoms with van der Waals surface area (Å²) in [5.41, 5.74) is 3.26. The van der Waals surface area contributed by atoms with E-state index in [2.05, 4.69) is 27.8 Å². The fourth-order valence-electron chi connectivity index (χ4n) is 2.52. The fraction of sp³-hybridized carbons (Fsp3) is 0.158. The quantitative estimate of drug-likeness (QED) is 0.734. The predicted octanol–water partition coefficient (Wildman–Crippen LogP) is 2.91. The molecule has 0 saturated carbocycles. The average Bonchev–Trinajstić information content (AvgIpc) is 3.16. The van der Waals surface area contributed by atoms with E-state index >= 15 is 0 Å². The van der Waals surface area contributed by atoms with Crippen LogP contribution in [0.15, 0.2) is 73.3 Å². The number of benzene rings is 2. The lowest BCUT2D eigenvalue weighted by molar-refractivity contribution is 0.240. The zero-order chi connectivity index (χ0) is 16.6. The molecular weight excluding hydrogens is 300 g/mol. The number of nitrogens with zero attached hydrogens (tertiary/aromatic N) is 2. The second-order valence-electron chi connectivity index (χ2n) is 5.44. The highest BCUT2D eigenvalue weighted by atomic mass is 16.2. The number of nitrogens with one attached hydrogen (secondary N) is 2. The molecule has 0 radical (unpaired) electrons. The Morgan fingerprint density at radius 2 is 1.79 bits per heavy atom. The van der Waals surface area contributed by atoms with Crippen LogP contribution in [0.5, 0.6) is 0 Å². The number of rotatable bonds is 6. The molecule has 2 amide bonds. The van der Waals surface area contributed by atoms with Crippen LogP contribution in [0, 0.1) is 0 Å². The number of urea groups is 1. The number of imidazole rings is 1. The SMILES string of the molecule is O=C(NCCc1ccccc1)NCc1ccccc1-n1ccnc1. The number of aromatic nitrogens is 2. The van der Waals surface area contributed by atoms with Crippen molar-refractivity contribution in [1.29, 1.82) is 0 Å². The monoisotopic (exact) mass is 320 g/mol. The highest BCUT2D eigenvalue weighted by Crippen LogP contribution is 2.13. The molecule has 0 unspecified atom stereocenters. The van der Waals surface area contributed by atoms with E-state index in [0.717, 1.165) is 17.7 Å². The Bertz CT molecular complexity index is 769. The summed E-state index contributed by atoms with van der Waals surface area (Å²) >= 11 is 0. The van der Waals surface area contributed by atoms with Gasteiger partial charge in [-0.1, -0.05) is 48.5 Å². The van der Waals surface area contributed by atoms with Crippen molar-refractivity contribution in [3.8, 4) is 5.69 Å². The largest absolute Gasteiger partial charge is 0.338 e. The van der Waals surface area contributed by atoms with Gasteiger partial charge in [0.2, 0.25) is 0 Å². The number of amides is 2. The van der Waals surface area contributed by atoms with Crippen LogP contribution in [0.25, 0.3) is 5.69 Å². The molecule has 3 aromatic rings. The number of carbonyl (C=O) groups excluding carboxylic acids is 1. The molecule has 0 atom stereocenters. The summed E-state index contributed by atoms with van der Waals surface area (Å²) in [7, 11) is 0. The molecule has 2 aromatic carbocycles. The summed E-state index contributed by atoms with van der Waals surface area (Å²) in [6.45, 7) is 1.07. The van der Waals surface area contributed by atoms with Gasteiger partial charge in [0.1, 0.15) is 0 Å².